The summed E-state index contributed by atoms with van der Waals surface area (Å²) in [6.07, 6.45) is 4.87. The second-order valence-corrected chi connectivity index (χ2v) is 8.00. The molecule has 0 radical (unpaired) electrons. The van der Waals surface area contributed by atoms with Crippen LogP contribution in [-0.2, 0) is 11.2 Å². The van der Waals surface area contributed by atoms with E-state index >= 15 is 0 Å². The number of anilines is 1. The highest BCUT2D eigenvalue weighted by Crippen LogP contribution is 2.29. The van der Waals surface area contributed by atoms with Crippen molar-refractivity contribution in [1.29, 1.82) is 0 Å². The van der Waals surface area contributed by atoms with Crippen LogP contribution in [0.2, 0.25) is 0 Å². The number of carbonyl (C=O) groups excluding carboxylic acids is 1. The predicted octanol–water partition coefficient (Wildman–Crippen LogP) is 4.06. The molecule has 1 N–H and O–H groups in total. The standard InChI is InChI=1S/C25H26N4O/c30-25(26-15-14-19-8-2-1-3-9-19)20-10-6-16-28(18-20)24-23-13-7-17-29(23)22-12-5-4-11-21(22)27-24/h1-5,7-9,11-13,17,20H,6,10,14-16,18H2,(H,26,30)/t20-/m1/s1. The van der Waals surface area contributed by atoms with Gasteiger partial charge in [-0.05, 0) is 49.1 Å². The molecule has 1 aliphatic heterocycles. The fourth-order valence-corrected chi connectivity index (χ4v) is 4.44. The first-order valence-electron chi connectivity index (χ1n) is 10.7. The van der Waals surface area contributed by atoms with E-state index in [9.17, 15) is 4.79 Å². The Morgan fingerprint density at radius 1 is 1.00 bits per heavy atom. The van der Waals surface area contributed by atoms with E-state index in [2.05, 4.69) is 57.2 Å². The lowest BCUT2D eigenvalue weighted by atomic mass is 9.97. The van der Waals surface area contributed by atoms with Gasteiger partial charge < -0.3 is 14.6 Å². The topological polar surface area (TPSA) is 49.6 Å². The van der Waals surface area contributed by atoms with E-state index < -0.39 is 0 Å². The number of nitrogens with one attached hydrogen (secondary N) is 1. The molecule has 2 aromatic carbocycles. The van der Waals surface area contributed by atoms with Crippen molar-refractivity contribution in [2.24, 2.45) is 5.92 Å². The van der Waals surface area contributed by atoms with Crippen molar-refractivity contribution in [3.05, 3.63) is 78.5 Å². The van der Waals surface area contributed by atoms with Crippen LogP contribution in [0.1, 0.15) is 18.4 Å². The number of benzene rings is 2. The molecule has 1 amide bonds. The number of piperidine rings is 1. The summed E-state index contributed by atoms with van der Waals surface area (Å²) in [6.45, 7) is 2.32. The molecule has 2 aromatic heterocycles. The summed E-state index contributed by atoms with van der Waals surface area (Å²) in [5, 5.41) is 3.14. The number of aromatic nitrogens is 2. The fourth-order valence-electron chi connectivity index (χ4n) is 4.44. The maximum absolute atomic E-state index is 12.8. The summed E-state index contributed by atoms with van der Waals surface area (Å²) in [4.78, 5) is 20.1. The van der Waals surface area contributed by atoms with Crippen molar-refractivity contribution < 1.29 is 4.79 Å². The van der Waals surface area contributed by atoms with Crippen LogP contribution in [0.3, 0.4) is 0 Å². The van der Waals surface area contributed by atoms with Crippen LogP contribution >= 0.6 is 0 Å². The van der Waals surface area contributed by atoms with Gasteiger partial charge in [-0.3, -0.25) is 4.79 Å². The van der Waals surface area contributed by atoms with Crippen LogP contribution in [0.5, 0.6) is 0 Å². The Balaban J connectivity index is 1.31. The molecule has 0 bridgehead atoms. The zero-order valence-electron chi connectivity index (χ0n) is 17.0. The highest BCUT2D eigenvalue weighted by molar-refractivity contribution is 5.86. The molecule has 0 unspecified atom stereocenters. The van der Waals surface area contributed by atoms with Crippen molar-refractivity contribution in [2.75, 3.05) is 24.5 Å². The van der Waals surface area contributed by atoms with Crippen LogP contribution in [-0.4, -0.2) is 34.9 Å². The van der Waals surface area contributed by atoms with Crippen LogP contribution in [0.25, 0.3) is 16.6 Å². The number of hydrogen-bond acceptors (Lipinski definition) is 3. The Kier molecular flexibility index (Phi) is 5.10. The first kappa shape index (κ1) is 18.7. The molecule has 3 heterocycles. The monoisotopic (exact) mass is 398 g/mol. The van der Waals surface area contributed by atoms with E-state index in [1.165, 1.54) is 5.56 Å². The average molecular weight is 399 g/mol. The normalized spacial score (nSPS) is 16.8. The summed E-state index contributed by atoms with van der Waals surface area (Å²) in [6, 6.07) is 22.7. The second kappa shape index (κ2) is 8.19. The number of carbonyl (C=O) groups is 1. The van der Waals surface area contributed by atoms with Gasteiger partial charge in [-0.15, -0.1) is 0 Å². The third kappa shape index (κ3) is 3.63. The van der Waals surface area contributed by atoms with Gasteiger partial charge in [0.25, 0.3) is 0 Å². The van der Waals surface area contributed by atoms with E-state index in [4.69, 9.17) is 4.98 Å². The van der Waals surface area contributed by atoms with Gasteiger partial charge in [0, 0.05) is 25.8 Å². The Bertz CT molecular complexity index is 1170. The van der Waals surface area contributed by atoms with Gasteiger partial charge in [0.15, 0.2) is 5.82 Å². The SMILES string of the molecule is O=C(NCCc1ccccc1)[C@@H]1CCCN(c2nc3ccccc3n3cccc23)C1. The minimum Gasteiger partial charge on any atom is -0.355 e. The smallest absolute Gasteiger partial charge is 0.224 e. The van der Waals surface area contributed by atoms with E-state index in [0.717, 1.165) is 48.2 Å². The lowest BCUT2D eigenvalue weighted by molar-refractivity contribution is -0.125. The van der Waals surface area contributed by atoms with Crippen molar-refractivity contribution in [2.45, 2.75) is 19.3 Å². The van der Waals surface area contributed by atoms with Gasteiger partial charge in [0.05, 0.1) is 22.5 Å². The Hall–Kier alpha value is -3.34. The summed E-state index contributed by atoms with van der Waals surface area (Å²) in [5.74, 6) is 1.13. The Morgan fingerprint density at radius 3 is 2.70 bits per heavy atom. The minimum absolute atomic E-state index is 0.00203. The van der Waals surface area contributed by atoms with Crippen LogP contribution in [0, 0.1) is 5.92 Å². The molecule has 152 valence electrons. The molecule has 0 aliphatic carbocycles. The summed E-state index contributed by atoms with van der Waals surface area (Å²) >= 11 is 0. The van der Waals surface area contributed by atoms with Crippen molar-refractivity contribution in [3.63, 3.8) is 0 Å². The molecular formula is C25H26N4O. The molecule has 1 atom stereocenters. The van der Waals surface area contributed by atoms with Gasteiger partial charge in [0.1, 0.15) is 0 Å². The third-order valence-electron chi connectivity index (χ3n) is 5.99. The quantitative estimate of drug-likeness (QED) is 0.551. The van der Waals surface area contributed by atoms with Gasteiger partial charge >= 0.3 is 0 Å². The summed E-state index contributed by atoms with van der Waals surface area (Å²) < 4.78 is 2.20. The van der Waals surface area contributed by atoms with Crippen LogP contribution in [0.4, 0.5) is 5.82 Å². The van der Waals surface area contributed by atoms with E-state index in [-0.39, 0.29) is 11.8 Å². The van der Waals surface area contributed by atoms with E-state index in [1.54, 1.807) is 0 Å². The molecule has 0 spiro atoms. The number of para-hydroxylation sites is 2. The van der Waals surface area contributed by atoms with Crippen LogP contribution < -0.4 is 10.2 Å². The molecule has 1 saturated heterocycles. The number of nitrogens with zero attached hydrogens (tertiary/aromatic N) is 3. The zero-order chi connectivity index (χ0) is 20.3. The van der Waals surface area contributed by atoms with Crippen molar-refractivity contribution in [3.8, 4) is 0 Å². The maximum Gasteiger partial charge on any atom is 0.224 e. The molecule has 4 aromatic rings. The second-order valence-electron chi connectivity index (χ2n) is 8.00. The Morgan fingerprint density at radius 2 is 1.80 bits per heavy atom. The summed E-state index contributed by atoms with van der Waals surface area (Å²) in [5.41, 5.74) is 4.43. The lowest BCUT2D eigenvalue weighted by Crippen LogP contribution is -2.44. The average Bonchev–Trinajstić information content (AvgIpc) is 3.30. The minimum atomic E-state index is -0.00203. The van der Waals surface area contributed by atoms with Gasteiger partial charge in [-0.25, -0.2) is 4.98 Å². The molecule has 5 heteroatoms. The van der Waals surface area contributed by atoms with Gasteiger partial charge in [-0.2, -0.15) is 0 Å². The van der Waals surface area contributed by atoms with Crippen molar-refractivity contribution in [1.82, 2.24) is 14.7 Å². The molecule has 5 rings (SSSR count). The lowest BCUT2D eigenvalue weighted by Gasteiger charge is -2.33. The number of amides is 1. The number of hydrogen-bond donors (Lipinski definition) is 1. The maximum atomic E-state index is 12.8. The summed E-state index contributed by atoms with van der Waals surface area (Å²) in [7, 11) is 0. The van der Waals surface area contributed by atoms with Gasteiger partial charge in [0.2, 0.25) is 5.91 Å². The third-order valence-corrected chi connectivity index (χ3v) is 5.99. The highest BCUT2D eigenvalue weighted by atomic mass is 16.1. The molecule has 1 fully saturated rings. The first-order chi connectivity index (χ1) is 14.8. The highest BCUT2D eigenvalue weighted by Gasteiger charge is 2.27. The Labute approximate surface area is 176 Å². The fraction of sp³-hybridized carbons (Fsp3) is 0.280. The molecule has 30 heavy (non-hydrogen) atoms. The first-order valence-corrected chi connectivity index (χ1v) is 10.7. The van der Waals surface area contributed by atoms with Crippen LogP contribution in [0.15, 0.2) is 72.9 Å². The number of fused-ring (bicyclic) bond motifs is 3. The molecule has 0 saturated carbocycles. The van der Waals surface area contributed by atoms with Gasteiger partial charge in [-0.1, -0.05) is 42.5 Å². The molecule has 1 aliphatic rings. The van der Waals surface area contributed by atoms with E-state index in [1.807, 2.05) is 30.3 Å². The van der Waals surface area contributed by atoms with E-state index in [0.29, 0.717) is 13.1 Å². The zero-order valence-corrected chi connectivity index (χ0v) is 17.0. The van der Waals surface area contributed by atoms with Crippen molar-refractivity contribution >= 4 is 28.3 Å². The number of rotatable bonds is 5. The molecule has 5 nitrogen and oxygen atoms in total. The predicted molar refractivity (Wildman–Crippen MR) is 121 cm³/mol. The molecular weight excluding hydrogens is 372 g/mol. The largest absolute Gasteiger partial charge is 0.355 e.